The van der Waals surface area contributed by atoms with Gasteiger partial charge in [0, 0.05) is 36.0 Å². The maximum absolute atomic E-state index is 13.0. The zero-order valence-corrected chi connectivity index (χ0v) is 16.6. The molecule has 0 spiro atoms. The lowest BCUT2D eigenvalue weighted by atomic mass is 10.2. The fourth-order valence-electron chi connectivity index (χ4n) is 2.88. The monoisotopic (exact) mass is 394 g/mol. The molecule has 1 unspecified atom stereocenters. The van der Waals surface area contributed by atoms with Gasteiger partial charge in [0.15, 0.2) is 5.38 Å². The summed E-state index contributed by atoms with van der Waals surface area (Å²) < 4.78 is 5.44. The van der Waals surface area contributed by atoms with Crippen molar-refractivity contribution in [3.63, 3.8) is 0 Å². The summed E-state index contributed by atoms with van der Waals surface area (Å²) >= 11 is 0. The minimum absolute atomic E-state index is 0.147. The van der Waals surface area contributed by atoms with Crippen molar-refractivity contribution in [1.82, 2.24) is 15.0 Å². The van der Waals surface area contributed by atoms with Crippen LogP contribution in [0, 0.1) is 0 Å². The zero-order valence-electron chi connectivity index (χ0n) is 15.8. The number of anilines is 2. The number of thiophene rings is 1. The van der Waals surface area contributed by atoms with Crippen molar-refractivity contribution in [3.8, 4) is 5.75 Å². The van der Waals surface area contributed by atoms with Crippen molar-refractivity contribution < 1.29 is 9.53 Å². The number of pyridine rings is 1. The molecule has 4 aromatic rings. The second-order valence-corrected chi connectivity index (χ2v) is 8.26. The SMILES string of the molecule is COc1cc2ncccc2cc1NC(=O)[s+]1ccc2cnc(NC(C)C)nc21. The molecule has 3 heterocycles. The molecule has 8 heteroatoms. The lowest BCUT2D eigenvalue weighted by Gasteiger charge is -2.09. The van der Waals surface area contributed by atoms with E-state index >= 15 is 0 Å². The second kappa shape index (κ2) is 7.40. The fourth-order valence-corrected chi connectivity index (χ4v) is 4.37. The first-order valence-corrected chi connectivity index (χ1v) is 10.1. The summed E-state index contributed by atoms with van der Waals surface area (Å²) in [6, 6.07) is 9.59. The van der Waals surface area contributed by atoms with Gasteiger partial charge in [0.05, 0.1) is 23.7 Å². The van der Waals surface area contributed by atoms with E-state index in [1.54, 1.807) is 19.5 Å². The molecule has 0 aliphatic rings. The van der Waals surface area contributed by atoms with Gasteiger partial charge in [0.1, 0.15) is 16.2 Å². The molecular weight excluding hydrogens is 374 g/mol. The first-order chi connectivity index (χ1) is 13.5. The number of fused-ring (bicyclic) bond motifs is 2. The molecule has 0 saturated carbocycles. The average Bonchev–Trinajstić information content (AvgIpc) is 3.10. The Morgan fingerprint density at radius 2 is 2.04 bits per heavy atom. The predicted octanol–water partition coefficient (Wildman–Crippen LogP) is 4.84. The highest BCUT2D eigenvalue weighted by Crippen LogP contribution is 2.35. The zero-order chi connectivity index (χ0) is 19.7. The third-order valence-corrected chi connectivity index (χ3v) is 5.80. The summed E-state index contributed by atoms with van der Waals surface area (Å²) in [5.41, 5.74) is 1.42. The lowest BCUT2D eigenvalue weighted by molar-refractivity contribution is 0.269. The van der Waals surface area contributed by atoms with E-state index in [0.29, 0.717) is 17.4 Å². The number of nitrogens with one attached hydrogen (secondary N) is 2. The van der Waals surface area contributed by atoms with E-state index in [9.17, 15) is 4.79 Å². The molecule has 142 valence electrons. The number of benzene rings is 1. The van der Waals surface area contributed by atoms with E-state index in [2.05, 4.69) is 25.6 Å². The standard InChI is InChI=1S/C20H19N5O2S/c1-12(2)23-19-22-11-14-6-8-28(18(14)25-19)20(26)24-16-9-13-5-4-7-21-15(13)10-17(16)27-3/h4-12H,1-3H3,(H-,22,23,24,25,26)/p+1. The van der Waals surface area contributed by atoms with Crippen LogP contribution in [0.2, 0.25) is 0 Å². The minimum atomic E-state index is -0.809. The van der Waals surface area contributed by atoms with Gasteiger partial charge < -0.3 is 10.1 Å². The van der Waals surface area contributed by atoms with E-state index in [1.165, 1.54) is 0 Å². The van der Waals surface area contributed by atoms with Crippen LogP contribution >= 0.6 is 10.5 Å². The summed E-state index contributed by atoms with van der Waals surface area (Å²) in [5, 5.41) is 9.67. The average molecular weight is 394 g/mol. The maximum atomic E-state index is 13.0. The van der Waals surface area contributed by atoms with Gasteiger partial charge in [-0.15, -0.1) is 0 Å². The Hall–Kier alpha value is -3.26. The summed E-state index contributed by atoms with van der Waals surface area (Å²) in [7, 11) is 0.764. The van der Waals surface area contributed by atoms with Crippen LogP contribution in [-0.4, -0.2) is 33.3 Å². The predicted molar refractivity (Wildman–Crippen MR) is 113 cm³/mol. The smallest absolute Gasteiger partial charge is 0.462 e. The van der Waals surface area contributed by atoms with Gasteiger partial charge in [0.2, 0.25) is 5.95 Å². The third kappa shape index (κ3) is 3.46. The van der Waals surface area contributed by atoms with E-state index < -0.39 is 10.5 Å². The number of rotatable bonds is 5. The van der Waals surface area contributed by atoms with Crippen LogP contribution in [0.1, 0.15) is 13.8 Å². The van der Waals surface area contributed by atoms with Crippen LogP contribution in [-0.2, 0) is 0 Å². The van der Waals surface area contributed by atoms with E-state index in [1.807, 2.05) is 49.6 Å². The van der Waals surface area contributed by atoms with Gasteiger partial charge in [-0.05, 0) is 26.0 Å². The second-order valence-electron chi connectivity index (χ2n) is 6.55. The number of methoxy groups -OCH3 is 1. The van der Waals surface area contributed by atoms with Crippen LogP contribution in [0.25, 0.3) is 21.1 Å². The molecule has 0 bridgehead atoms. The number of nitrogens with zero attached hydrogens (tertiary/aromatic N) is 3. The van der Waals surface area contributed by atoms with E-state index in [-0.39, 0.29) is 11.3 Å². The molecule has 1 atom stereocenters. The van der Waals surface area contributed by atoms with Crippen LogP contribution < -0.4 is 15.4 Å². The molecule has 0 saturated heterocycles. The Morgan fingerprint density at radius 1 is 1.18 bits per heavy atom. The van der Waals surface area contributed by atoms with Crippen LogP contribution in [0.5, 0.6) is 5.75 Å². The van der Waals surface area contributed by atoms with E-state index in [0.717, 1.165) is 21.1 Å². The Bertz CT molecular complexity index is 1170. The van der Waals surface area contributed by atoms with Crippen molar-refractivity contribution in [1.29, 1.82) is 0 Å². The highest BCUT2D eigenvalue weighted by atomic mass is 32.2. The minimum Gasteiger partial charge on any atom is -0.494 e. The molecule has 3 aromatic heterocycles. The summed E-state index contributed by atoms with van der Waals surface area (Å²) in [5.74, 6) is 1.09. The number of hydrogen-bond donors (Lipinski definition) is 2. The van der Waals surface area contributed by atoms with Crippen LogP contribution in [0.4, 0.5) is 16.4 Å². The van der Waals surface area contributed by atoms with Gasteiger partial charge in [-0.3, -0.25) is 10.3 Å². The maximum Gasteiger partial charge on any atom is 0.462 e. The Labute approximate surface area is 164 Å². The lowest BCUT2D eigenvalue weighted by Crippen LogP contribution is -2.12. The highest BCUT2D eigenvalue weighted by Gasteiger charge is 2.25. The topological polar surface area (TPSA) is 89.0 Å². The number of hydrogen-bond acceptors (Lipinski definition) is 6. The van der Waals surface area contributed by atoms with Gasteiger partial charge >= 0.3 is 5.24 Å². The number of carbonyl (C=O) groups excluding carboxylic acids is 1. The summed E-state index contributed by atoms with van der Waals surface area (Å²) in [6.45, 7) is 4.03. The van der Waals surface area contributed by atoms with Gasteiger partial charge in [-0.2, -0.15) is 4.98 Å². The normalized spacial score (nSPS) is 11.8. The van der Waals surface area contributed by atoms with Gasteiger partial charge in [-0.1, -0.05) is 6.07 Å². The van der Waals surface area contributed by atoms with Crippen LogP contribution in [0.3, 0.4) is 0 Å². The highest BCUT2D eigenvalue weighted by molar-refractivity contribution is 7.55. The molecule has 4 rings (SSSR count). The number of carbonyl (C=O) groups is 1. The molecular formula is C20H20N5O2S+. The molecule has 2 N–H and O–H groups in total. The number of ether oxygens (including phenoxy) is 1. The molecule has 28 heavy (non-hydrogen) atoms. The molecule has 7 nitrogen and oxygen atoms in total. The quantitative estimate of drug-likeness (QED) is 0.471. The fraction of sp³-hybridized carbons (Fsp3) is 0.200. The van der Waals surface area contributed by atoms with Gasteiger partial charge in [0.25, 0.3) is 4.83 Å². The van der Waals surface area contributed by atoms with Crippen molar-refractivity contribution in [2.24, 2.45) is 0 Å². The Morgan fingerprint density at radius 3 is 2.82 bits per heavy atom. The van der Waals surface area contributed by atoms with E-state index in [4.69, 9.17) is 4.74 Å². The van der Waals surface area contributed by atoms with Crippen molar-refractivity contribution in [3.05, 3.63) is 48.1 Å². The molecule has 1 aromatic carbocycles. The van der Waals surface area contributed by atoms with Crippen molar-refractivity contribution in [2.45, 2.75) is 19.9 Å². The number of amides is 1. The molecule has 0 aliphatic carbocycles. The Kier molecular flexibility index (Phi) is 4.79. The molecule has 0 fully saturated rings. The Balaban J connectivity index is 1.69. The summed E-state index contributed by atoms with van der Waals surface area (Å²) in [4.78, 5) is 26.9. The number of aromatic nitrogens is 3. The van der Waals surface area contributed by atoms with Crippen molar-refractivity contribution in [2.75, 3.05) is 17.7 Å². The largest absolute Gasteiger partial charge is 0.494 e. The molecule has 1 amide bonds. The molecule has 0 aliphatic heterocycles. The van der Waals surface area contributed by atoms with Crippen LogP contribution in [0.15, 0.2) is 48.1 Å². The summed E-state index contributed by atoms with van der Waals surface area (Å²) in [6.07, 6.45) is 3.47. The third-order valence-electron chi connectivity index (χ3n) is 4.15. The van der Waals surface area contributed by atoms with Gasteiger partial charge in [-0.25, -0.2) is 9.78 Å². The molecule has 0 radical (unpaired) electrons. The first-order valence-electron chi connectivity index (χ1n) is 8.84. The van der Waals surface area contributed by atoms with Crippen molar-refractivity contribution >= 4 is 48.5 Å². The first kappa shape index (κ1) is 18.1.